The summed E-state index contributed by atoms with van der Waals surface area (Å²) in [6.45, 7) is 0. The number of hydrogen-bond acceptors (Lipinski definition) is 1. The fourth-order valence-corrected chi connectivity index (χ4v) is 8.20. The van der Waals surface area contributed by atoms with Crippen molar-refractivity contribution in [3.63, 3.8) is 0 Å². The van der Waals surface area contributed by atoms with Gasteiger partial charge in [-0.2, -0.15) is 8.78 Å². The summed E-state index contributed by atoms with van der Waals surface area (Å²) in [6, 6.07) is 25.1. The second kappa shape index (κ2) is 8.56. The van der Waals surface area contributed by atoms with Crippen molar-refractivity contribution in [3.8, 4) is 0 Å². The monoisotopic (exact) mass is 455 g/mol. The number of aromatic carboxylic acids is 1. The zero-order valence-electron chi connectivity index (χ0n) is 16.5. The second-order valence-electron chi connectivity index (χ2n) is 6.96. The first kappa shape index (κ1) is 21.7. The lowest BCUT2D eigenvalue weighted by molar-refractivity contribution is 0.0683. The highest BCUT2D eigenvalue weighted by Gasteiger charge is 2.54. The van der Waals surface area contributed by atoms with Gasteiger partial charge in [0.2, 0.25) is 11.6 Å². The molecule has 0 fully saturated rings. The third kappa shape index (κ3) is 3.28. The van der Waals surface area contributed by atoms with E-state index in [1.54, 1.807) is 91.0 Å². The molecule has 0 saturated carbocycles. The lowest BCUT2D eigenvalue weighted by atomic mass is 10.2. The summed E-state index contributed by atoms with van der Waals surface area (Å²) in [7, 11) is -3.51. The van der Waals surface area contributed by atoms with Crippen LogP contribution < -0.4 is 21.2 Å². The fraction of sp³-hybridized carbons (Fsp3) is 0. The van der Waals surface area contributed by atoms with Gasteiger partial charge >= 0.3 is 5.97 Å². The first-order valence-corrected chi connectivity index (χ1v) is 11.3. The molecule has 4 aromatic carbocycles. The molecule has 0 radical (unpaired) electrons. The Labute approximate surface area is 182 Å². The molecule has 4 rings (SSSR count). The molecule has 0 spiro atoms. The lowest BCUT2D eigenvalue weighted by Crippen LogP contribution is -2.42. The van der Waals surface area contributed by atoms with Crippen LogP contribution in [0, 0.1) is 23.3 Å². The van der Waals surface area contributed by atoms with Gasteiger partial charge in [-0.05, 0) is 36.4 Å². The fourth-order valence-electron chi connectivity index (χ4n) is 3.89. The Kier molecular flexibility index (Phi) is 5.81. The Hall–Kier alpha value is -3.50. The number of hydrogen-bond donors (Lipinski definition) is 1. The lowest BCUT2D eigenvalue weighted by Gasteiger charge is -2.28. The summed E-state index contributed by atoms with van der Waals surface area (Å²) in [5.74, 6) is -9.39. The molecule has 0 aromatic heterocycles. The molecule has 0 unspecified atom stereocenters. The normalized spacial score (nSPS) is 11.4. The van der Waals surface area contributed by atoms with E-state index >= 15 is 8.78 Å². The van der Waals surface area contributed by atoms with Crippen LogP contribution in [-0.2, 0) is 0 Å². The number of carbonyl (C=O) groups is 1. The molecule has 2 nitrogen and oxygen atoms in total. The highest BCUT2D eigenvalue weighted by Crippen LogP contribution is 2.55. The van der Waals surface area contributed by atoms with Gasteiger partial charge in [0.1, 0.15) is 21.5 Å². The van der Waals surface area contributed by atoms with Crippen molar-refractivity contribution < 1.29 is 27.5 Å². The van der Waals surface area contributed by atoms with E-state index in [0.29, 0.717) is 15.9 Å². The number of carboxylic acid groups (broad SMARTS) is 1. The van der Waals surface area contributed by atoms with Crippen LogP contribution in [0.4, 0.5) is 17.6 Å². The summed E-state index contributed by atoms with van der Waals surface area (Å²) in [5.41, 5.74) is -1.66. The van der Waals surface area contributed by atoms with Gasteiger partial charge in [-0.15, -0.1) is 0 Å². The van der Waals surface area contributed by atoms with Gasteiger partial charge in [0.15, 0.2) is 24.2 Å². The maximum Gasteiger partial charge on any atom is 0.341 e. The third-order valence-corrected chi connectivity index (χ3v) is 9.50. The maximum atomic E-state index is 15.6. The molecule has 32 heavy (non-hydrogen) atoms. The topological polar surface area (TPSA) is 37.3 Å². The molecule has 0 aliphatic rings. The van der Waals surface area contributed by atoms with Gasteiger partial charge in [-0.1, -0.05) is 54.6 Å². The minimum atomic E-state index is -3.51. The molecule has 0 saturated heterocycles. The van der Waals surface area contributed by atoms with E-state index in [1.807, 2.05) is 0 Å². The number of halogens is 4. The summed E-state index contributed by atoms with van der Waals surface area (Å²) in [6.07, 6.45) is 0. The molecule has 7 heteroatoms. The zero-order chi connectivity index (χ0) is 22.9. The predicted octanol–water partition coefficient (Wildman–Crippen LogP) is 4.56. The van der Waals surface area contributed by atoms with Crippen LogP contribution in [0.5, 0.6) is 0 Å². The van der Waals surface area contributed by atoms with Crippen LogP contribution >= 0.6 is 7.26 Å². The van der Waals surface area contributed by atoms with Crippen LogP contribution in [0.25, 0.3) is 0 Å². The van der Waals surface area contributed by atoms with Crippen molar-refractivity contribution >= 4 is 34.4 Å². The Morgan fingerprint density at radius 3 is 1.16 bits per heavy atom. The Bertz CT molecular complexity index is 1150. The van der Waals surface area contributed by atoms with Gasteiger partial charge < -0.3 is 5.11 Å². The van der Waals surface area contributed by atoms with Crippen molar-refractivity contribution in [1.82, 2.24) is 0 Å². The van der Waals surface area contributed by atoms with Crippen molar-refractivity contribution in [2.75, 3.05) is 0 Å². The van der Waals surface area contributed by atoms with E-state index in [-0.39, 0.29) is 0 Å². The smallest absolute Gasteiger partial charge is 0.341 e. The quantitative estimate of drug-likeness (QED) is 0.272. The van der Waals surface area contributed by atoms with E-state index in [4.69, 9.17) is 5.11 Å². The molecule has 0 aliphatic carbocycles. The molecule has 160 valence electrons. The standard InChI is InChI=1S/C25H15F4O2P/c26-20-19(25(30)31)21(27)23(29)24(22(20)28)32(16-10-4-1-5-11-16,17-12-6-2-7-13-17)18-14-8-3-9-15-18/h1-15H/p+1. The van der Waals surface area contributed by atoms with Gasteiger partial charge in [0, 0.05) is 0 Å². The second-order valence-corrected chi connectivity index (χ2v) is 10.3. The van der Waals surface area contributed by atoms with Gasteiger partial charge in [-0.25, -0.2) is 13.6 Å². The summed E-state index contributed by atoms with van der Waals surface area (Å²) in [4.78, 5) is 11.3. The highest BCUT2D eigenvalue weighted by molar-refractivity contribution is 8.01. The van der Waals surface area contributed by atoms with E-state index in [0.717, 1.165) is 0 Å². The molecule has 1 N–H and O–H groups in total. The largest absolute Gasteiger partial charge is 0.477 e. The van der Waals surface area contributed by atoms with Crippen molar-refractivity contribution in [3.05, 3.63) is 120 Å². The Balaban J connectivity index is 2.27. The van der Waals surface area contributed by atoms with Gasteiger partial charge in [-0.3, -0.25) is 0 Å². The molecule has 4 aromatic rings. The van der Waals surface area contributed by atoms with Crippen LogP contribution in [-0.4, -0.2) is 11.1 Å². The summed E-state index contributed by atoms with van der Waals surface area (Å²) < 4.78 is 61.0. The summed E-state index contributed by atoms with van der Waals surface area (Å²) >= 11 is 0. The van der Waals surface area contributed by atoms with Crippen molar-refractivity contribution in [2.45, 2.75) is 0 Å². The highest BCUT2D eigenvalue weighted by atomic mass is 31.2. The predicted molar refractivity (Wildman–Crippen MR) is 118 cm³/mol. The number of carboxylic acids is 1. The van der Waals surface area contributed by atoms with Crippen LogP contribution in [0.15, 0.2) is 91.0 Å². The van der Waals surface area contributed by atoms with Crippen LogP contribution in [0.2, 0.25) is 0 Å². The number of rotatable bonds is 5. The SMILES string of the molecule is O=C(O)c1c(F)c(F)c([P+](c2ccccc2)(c2ccccc2)c2ccccc2)c(F)c1F. The number of benzene rings is 4. The van der Waals surface area contributed by atoms with Crippen LogP contribution in [0.3, 0.4) is 0 Å². The molecule has 0 amide bonds. The minimum absolute atomic E-state index is 0.456. The molecule has 0 aliphatic heterocycles. The first-order valence-electron chi connectivity index (χ1n) is 9.56. The minimum Gasteiger partial charge on any atom is -0.477 e. The third-order valence-electron chi connectivity index (χ3n) is 5.22. The Morgan fingerprint density at radius 1 is 0.562 bits per heavy atom. The van der Waals surface area contributed by atoms with E-state index in [9.17, 15) is 13.6 Å². The average molecular weight is 455 g/mol. The zero-order valence-corrected chi connectivity index (χ0v) is 17.4. The molecular weight excluding hydrogens is 439 g/mol. The molecule has 0 heterocycles. The van der Waals surface area contributed by atoms with Gasteiger partial charge in [0.05, 0.1) is 0 Å². The van der Waals surface area contributed by atoms with Crippen LogP contribution in [0.1, 0.15) is 10.4 Å². The van der Waals surface area contributed by atoms with Crippen molar-refractivity contribution in [2.24, 2.45) is 0 Å². The Morgan fingerprint density at radius 2 is 0.875 bits per heavy atom. The van der Waals surface area contributed by atoms with E-state index in [1.165, 1.54) is 0 Å². The molecule has 0 bridgehead atoms. The van der Waals surface area contributed by atoms with Crippen molar-refractivity contribution in [1.29, 1.82) is 0 Å². The average Bonchev–Trinajstić information content (AvgIpc) is 2.82. The molecular formula is C25H16F4O2P+. The maximum absolute atomic E-state index is 15.6. The van der Waals surface area contributed by atoms with Gasteiger partial charge in [0.25, 0.3) is 0 Å². The van der Waals surface area contributed by atoms with E-state index < -0.39 is 47.4 Å². The first-order chi connectivity index (χ1) is 15.4. The molecule has 0 atom stereocenters. The summed E-state index contributed by atoms with van der Waals surface area (Å²) in [5, 5.41) is 9.68. The van der Waals surface area contributed by atoms with E-state index in [2.05, 4.69) is 0 Å².